The molecule has 11 nitrogen and oxygen atoms in total. The van der Waals surface area contributed by atoms with E-state index in [1.165, 1.54) is 5.56 Å². The van der Waals surface area contributed by atoms with Crippen LogP contribution in [0.4, 0.5) is 15.3 Å². The van der Waals surface area contributed by atoms with Crippen molar-refractivity contribution in [1.82, 2.24) is 14.7 Å². The number of aryl methyl sites for hydroxylation is 2. The maximum absolute atomic E-state index is 13.9. The maximum Gasteiger partial charge on any atom is 0.410 e. The second kappa shape index (κ2) is 16.0. The number of fused-ring (bicyclic) bond motifs is 1. The molecule has 1 atom stereocenters. The van der Waals surface area contributed by atoms with Gasteiger partial charge in [0, 0.05) is 70.1 Å². The molecule has 11 heteroatoms. The number of benzene rings is 2. The first-order valence-electron chi connectivity index (χ1n) is 16.9. The average Bonchev–Trinajstić information content (AvgIpc) is 3.29. The molecule has 4 N–H and O–H groups in total. The van der Waals surface area contributed by atoms with Gasteiger partial charge in [-0.1, -0.05) is 30.3 Å². The number of aromatic nitrogens is 1. The van der Waals surface area contributed by atoms with Gasteiger partial charge in [-0.3, -0.25) is 4.79 Å². The van der Waals surface area contributed by atoms with Gasteiger partial charge in [0.05, 0.1) is 0 Å². The molecule has 0 spiro atoms. The van der Waals surface area contributed by atoms with Crippen molar-refractivity contribution in [1.29, 1.82) is 0 Å². The minimum absolute atomic E-state index is 0.0162. The van der Waals surface area contributed by atoms with Crippen LogP contribution in [0.1, 0.15) is 59.4 Å². The van der Waals surface area contributed by atoms with Gasteiger partial charge >= 0.3 is 12.1 Å². The van der Waals surface area contributed by atoms with Crippen molar-refractivity contribution in [3.63, 3.8) is 0 Å². The summed E-state index contributed by atoms with van der Waals surface area (Å²) in [5.41, 5.74) is 5.51. The van der Waals surface area contributed by atoms with E-state index < -0.39 is 12.2 Å². The molecule has 0 unspecified atom stereocenters. The van der Waals surface area contributed by atoms with Crippen LogP contribution < -0.4 is 10.3 Å². The number of anilines is 1. The number of nitrogens with one attached hydrogen (secondary N) is 2. The van der Waals surface area contributed by atoms with E-state index in [0.717, 1.165) is 54.3 Å². The second-order valence-corrected chi connectivity index (χ2v) is 12.8. The Morgan fingerprint density at radius 2 is 1.54 bits per heavy atom. The van der Waals surface area contributed by atoms with Gasteiger partial charge < -0.3 is 35.0 Å². The summed E-state index contributed by atoms with van der Waals surface area (Å²) in [6.07, 6.45) is 6.33. The number of nitrogens with zero attached hydrogens (tertiary/aromatic N) is 3. The molecule has 6 rings (SSSR count). The molecule has 4 amide bonds. The van der Waals surface area contributed by atoms with Crippen LogP contribution in [0.2, 0.25) is 0 Å². The maximum atomic E-state index is 13.9. The molecule has 48 heavy (non-hydrogen) atoms. The highest BCUT2D eigenvalue weighted by Gasteiger charge is 2.36. The summed E-state index contributed by atoms with van der Waals surface area (Å²) in [5, 5.41) is 20.4. The Hall–Kier alpha value is -4.64. The first-order chi connectivity index (χ1) is 23.3. The molecule has 1 aromatic heterocycles. The third kappa shape index (κ3) is 8.07. The molecule has 3 aromatic rings. The first kappa shape index (κ1) is 34.7. The standard InChI is InChI=1S/C36H43N5O5.CH4O/c1-24-21-26(22-25(2)33(24)42)23-32(34(43)39-16-9-28(10-17-39)27-7-14-37-15-8-27)46-36(45)40-18-12-30(13-19-40)41-20-11-29-5-3-4-6-31(29)38-35(41)44;1-2/h3-8,14-15,21-22,28,30,32,42H,9-13,16-20,23H2,1-2H3,(H,38,44);2H,1H3/p+1/t32-;/m1./s1. The number of piperidine rings is 2. The van der Waals surface area contributed by atoms with E-state index >= 15 is 0 Å². The van der Waals surface area contributed by atoms with Crippen molar-refractivity contribution in [3.05, 3.63) is 88.7 Å². The van der Waals surface area contributed by atoms with Crippen molar-refractivity contribution in [2.45, 2.75) is 70.4 Å². The zero-order valence-corrected chi connectivity index (χ0v) is 28.2. The lowest BCUT2D eigenvalue weighted by atomic mass is 9.90. The Labute approximate surface area is 282 Å². The van der Waals surface area contributed by atoms with Gasteiger partial charge in [-0.25, -0.2) is 14.6 Å². The predicted octanol–water partition coefficient (Wildman–Crippen LogP) is 4.44. The van der Waals surface area contributed by atoms with Gasteiger partial charge in [0.15, 0.2) is 18.5 Å². The summed E-state index contributed by atoms with van der Waals surface area (Å²) in [6.45, 7) is 6.35. The number of hydrogen-bond acceptors (Lipinski definition) is 6. The number of carbonyl (C=O) groups is 3. The Balaban J connectivity index is 0.00000221. The smallest absolute Gasteiger partial charge is 0.410 e. The third-order valence-electron chi connectivity index (χ3n) is 9.82. The molecule has 3 aliphatic heterocycles. The first-order valence-corrected chi connectivity index (χ1v) is 16.9. The molecular weight excluding hydrogens is 610 g/mol. The molecule has 0 saturated carbocycles. The minimum atomic E-state index is -0.980. The number of ether oxygens (including phenoxy) is 1. The number of aromatic hydroxyl groups is 1. The van der Waals surface area contributed by atoms with Gasteiger partial charge in [0.1, 0.15) is 5.75 Å². The van der Waals surface area contributed by atoms with Crippen molar-refractivity contribution in [3.8, 4) is 5.75 Å². The van der Waals surface area contributed by atoms with Crippen LogP contribution in [-0.2, 0) is 22.4 Å². The Morgan fingerprint density at radius 3 is 2.21 bits per heavy atom. The van der Waals surface area contributed by atoms with Crippen LogP contribution in [0.15, 0.2) is 60.9 Å². The fraction of sp³-hybridized carbons (Fsp3) is 0.459. The molecule has 2 aromatic carbocycles. The lowest BCUT2D eigenvalue weighted by molar-refractivity contribution is -0.378. The van der Waals surface area contributed by atoms with Gasteiger partial charge in [-0.2, -0.15) is 0 Å². The number of pyridine rings is 1. The highest BCUT2D eigenvalue weighted by atomic mass is 16.6. The number of phenolic OH excluding ortho intramolecular Hbond substituents is 1. The van der Waals surface area contributed by atoms with Crippen molar-refractivity contribution in [2.75, 3.05) is 45.2 Å². The SMILES string of the molecule is CO.Cc1cc(C[C@@H](OC(=O)N2CCC(N3CCc4ccccc4NC3=O)CC2)C(=O)N2CCC(c3cc[nH+]cc3)CC2)cc(C)c1O. The molecule has 0 aliphatic carbocycles. The molecule has 3 aliphatic rings. The average molecular weight is 659 g/mol. The van der Waals surface area contributed by atoms with Crippen LogP contribution in [0.5, 0.6) is 5.75 Å². The van der Waals surface area contributed by atoms with E-state index in [4.69, 9.17) is 9.84 Å². The van der Waals surface area contributed by atoms with E-state index in [1.54, 1.807) is 4.90 Å². The number of para-hydroxylation sites is 1. The summed E-state index contributed by atoms with van der Waals surface area (Å²) in [5.74, 6) is 0.421. The number of carbonyl (C=O) groups excluding carboxylic acids is 3. The summed E-state index contributed by atoms with van der Waals surface area (Å²) in [7, 11) is 1.00. The molecule has 4 heterocycles. The minimum Gasteiger partial charge on any atom is -0.507 e. The lowest BCUT2D eigenvalue weighted by Gasteiger charge is -2.38. The fourth-order valence-corrected chi connectivity index (χ4v) is 7.16. The van der Waals surface area contributed by atoms with E-state index in [1.807, 2.05) is 72.4 Å². The number of hydrogen-bond donors (Lipinski definition) is 3. The number of aliphatic hydroxyl groups excluding tert-OH is 1. The highest BCUT2D eigenvalue weighted by molar-refractivity contribution is 5.91. The van der Waals surface area contributed by atoms with Gasteiger partial charge in [0.25, 0.3) is 5.91 Å². The number of rotatable bonds is 6. The number of urea groups is 1. The quantitative estimate of drug-likeness (QED) is 0.358. The predicted molar refractivity (Wildman–Crippen MR) is 182 cm³/mol. The van der Waals surface area contributed by atoms with Gasteiger partial charge in [0.2, 0.25) is 0 Å². The van der Waals surface area contributed by atoms with E-state index in [2.05, 4.69) is 22.4 Å². The number of aromatic amines is 1. The second-order valence-electron chi connectivity index (χ2n) is 12.8. The largest absolute Gasteiger partial charge is 0.507 e. The van der Waals surface area contributed by atoms with Crippen molar-refractivity contribution >= 4 is 23.7 Å². The van der Waals surface area contributed by atoms with Crippen molar-refractivity contribution < 1.29 is 34.3 Å². The molecule has 2 saturated heterocycles. The van der Waals surface area contributed by atoms with Crippen LogP contribution in [0.25, 0.3) is 0 Å². The summed E-state index contributed by atoms with van der Waals surface area (Å²) in [6, 6.07) is 15.7. The van der Waals surface area contributed by atoms with E-state index in [-0.39, 0.29) is 30.2 Å². The zero-order chi connectivity index (χ0) is 34.2. The van der Waals surface area contributed by atoms with Gasteiger partial charge in [-0.05, 0) is 85.8 Å². The monoisotopic (exact) mass is 658 g/mol. The van der Waals surface area contributed by atoms with Crippen LogP contribution in [0.3, 0.4) is 0 Å². The Morgan fingerprint density at radius 1 is 0.917 bits per heavy atom. The van der Waals surface area contributed by atoms with Crippen LogP contribution in [0, 0.1) is 13.8 Å². The molecule has 2 fully saturated rings. The summed E-state index contributed by atoms with van der Waals surface area (Å²) < 4.78 is 6.03. The fourth-order valence-electron chi connectivity index (χ4n) is 7.16. The highest BCUT2D eigenvalue weighted by Crippen LogP contribution is 2.30. The summed E-state index contributed by atoms with van der Waals surface area (Å²) in [4.78, 5) is 49.0. The topological polar surface area (TPSA) is 137 Å². The van der Waals surface area contributed by atoms with Crippen molar-refractivity contribution in [2.24, 2.45) is 0 Å². The number of amides is 4. The molecule has 0 radical (unpaired) electrons. The Kier molecular flexibility index (Phi) is 11.5. The molecular formula is C37H48N5O6+. The number of H-pyrrole nitrogens is 1. The lowest BCUT2D eigenvalue weighted by Crippen LogP contribution is -2.51. The van der Waals surface area contributed by atoms with Gasteiger partial charge in [-0.15, -0.1) is 0 Å². The van der Waals surface area contributed by atoms with E-state index in [9.17, 15) is 19.5 Å². The summed E-state index contributed by atoms with van der Waals surface area (Å²) >= 11 is 0. The third-order valence-corrected chi connectivity index (χ3v) is 9.82. The van der Waals surface area contributed by atoms with E-state index in [0.29, 0.717) is 51.5 Å². The molecule has 256 valence electrons. The number of aliphatic hydroxyl groups is 1. The van der Waals surface area contributed by atoms with Crippen LogP contribution >= 0.6 is 0 Å². The normalized spacial score (nSPS) is 17.8. The molecule has 0 bridgehead atoms. The zero-order valence-electron chi connectivity index (χ0n) is 28.2. The Bertz CT molecular complexity index is 1540. The van der Waals surface area contributed by atoms with Crippen LogP contribution in [-0.4, -0.2) is 94.9 Å². The number of likely N-dealkylation sites (tertiary alicyclic amines) is 2. The number of phenols is 1.